The zero-order valence-corrected chi connectivity index (χ0v) is 14.3. The summed E-state index contributed by atoms with van der Waals surface area (Å²) < 4.78 is 5.39. The summed E-state index contributed by atoms with van der Waals surface area (Å²) in [6.07, 6.45) is 0.410. The standard InChI is InChI=1S/C17H14ClN3O2S/c18-13-5-3-11(4-6-13)16-19-17(23-20-16)12-8-15(22)21(9-12)10-14-2-1-7-24-14/h1-7,12H,8-10H2. The average molecular weight is 360 g/mol. The fourth-order valence-electron chi connectivity index (χ4n) is 2.80. The minimum Gasteiger partial charge on any atom is -0.339 e. The molecule has 1 saturated heterocycles. The van der Waals surface area contributed by atoms with E-state index >= 15 is 0 Å². The van der Waals surface area contributed by atoms with Gasteiger partial charge in [0.2, 0.25) is 17.6 Å². The molecule has 0 radical (unpaired) electrons. The third kappa shape index (κ3) is 3.07. The lowest BCUT2D eigenvalue weighted by Gasteiger charge is -2.14. The number of carbonyl (C=O) groups excluding carboxylic acids is 1. The number of amides is 1. The first kappa shape index (κ1) is 15.4. The first-order valence-corrected chi connectivity index (χ1v) is 8.84. The Kier molecular flexibility index (Phi) is 4.08. The van der Waals surface area contributed by atoms with E-state index in [9.17, 15) is 4.79 Å². The normalized spacial score (nSPS) is 17.6. The quantitative estimate of drug-likeness (QED) is 0.707. The van der Waals surface area contributed by atoms with Crippen LogP contribution in [-0.2, 0) is 11.3 Å². The Morgan fingerprint density at radius 3 is 2.88 bits per heavy atom. The molecular weight excluding hydrogens is 346 g/mol. The molecule has 2 aromatic heterocycles. The predicted octanol–water partition coefficient (Wildman–Crippen LogP) is 3.97. The number of likely N-dealkylation sites (tertiary alicyclic amines) is 1. The summed E-state index contributed by atoms with van der Waals surface area (Å²) in [6, 6.07) is 11.3. The van der Waals surface area contributed by atoms with Crippen molar-refractivity contribution in [1.82, 2.24) is 15.0 Å². The van der Waals surface area contributed by atoms with Crippen molar-refractivity contribution in [2.24, 2.45) is 0 Å². The number of nitrogens with zero attached hydrogens (tertiary/aromatic N) is 3. The molecule has 0 saturated carbocycles. The summed E-state index contributed by atoms with van der Waals surface area (Å²) >= 11 is 7.55. The van der Waals surface area contributed by atoms with Crippen LogP contribution in [0.1, 0.15) is 23.1 Å². The highest BCUT2D eigenvalue weighted by Crippen LogP contribution is 2.30. The fourth-order valence-corrected chi connectivity index (χ4v) is 3.64. The van der Waals surface area contributed by atoms with Crippen LogP contribution in [0.4, 0.5) is 0 Å². The fraction of sp³-hybridized carbons (Fsp3) is 0.235. The molecule has 0 spiro atoms. The van der Waals surface area contributed by atoms with Crippen molar-refractivity contribution in [1.29, 1.82) is 0 Å². The van der Waals surface area contributed by atoms with Gasteiger partial charge < -0.3 is 9.42 Å². The highest BCUT2D eigenvalue weighted by atomic mass is 35.5. The maximum absolute atomic E-state index is 12.2. The predicted molar refractivity (Wildman–Crippen MR) is 91.8 cm³/mol. The monoisotopic (exact) mass is 359 g/mol. The van der Waals surface area contributed by atoms with E-state index in [1.807, 2.05) is 34.5 Å². The molecule has 1 fully saturated rings. The number of carbonyl (C=O) groups is 1. The Hall–Kier alpha value is -2.18. The van der Waals surface area contributed by atoms with Crippen molar-refractivity contribution >= 4 is 28.8 Å². The molecule has 3 heterocycles. The number of hydrogen-bond acceptors (Lipinski definition) is 5. The van der Waals surface area contributed by atoms with E-state index in [1.165, 1.54) is 4.88 Å². The summed E-state index contributed by atoms with van der Waals surface area (Å²) in [5.74, 6) is 1.11. The van der Waals surface area contributed by atoms with E-state index in [0.29, 0.717) is 36.2 Å². The lowest BCUT2D eigenvalue weighted by Crippen LogP contribution is -2.23. The van der Waals surface area contributed by atoms with E-state index < -0.39 is 0 Å². The zero-order valence-electron chi connectivity index (χ0n) is 12.7. The van der Waals surface area contributed by atoms with Gasteiger partial charge in [-0.3, -0.25) is 4.79 Å². The summed E-state index contributed by atoms with van der Waals surface area (Å²) in [5.41, 5.74) is 0.842. The van der Waals surface area contributed by atoms with Crippen LogP contribution >= 0.6 is 22.9 Å². The second-order valence-corrected chi connectivity index (χ2v) is 7.19. The SMILES string of the molecule is O=C1CC(c2nc(-c3ccc(Cl)cc3)no2)CN1Cc1cccs1. The molecular formula is C17H14ClN3O2S. The Morgan fingerprint density at radius 2 is 2.12 bits per heavy atom. The first-order chi connectivity index (χ1) is 11.7. The summed E-state index contributed by atoms with van der Waals surface area (Å²) in [5, 5.41) is 6.71. The largest absolute Gasteiger partial charge is 0.339 e. The van der Waals surface area contributed by atoms with E-state index in [0.717, 1.165) is 5.56 Å². The Balaban J connectivity index is 1.49. The van der Waals surface area contributed by atoms with Gasteiger partial charge in [-0.05, 0) is 35.7 Å². The van der Waals surface area contributed by atoms with Crippen LogP contribution in [-0.4, -0.2) is 27.5 Å². The van der Waals surface area contributed by atoms with Crippen LogP contribution in [0.5, 0.6) is 0 Å². The van der Waals surface area contributed by atoms with E-state index in [4.69, 9.17) is 16.1 Å². The minimum absolute atomic E-state index is 0.0500. The summed E-state index contributed by atoms with van der Waals surface area (Å²) in [4.78, 5) is 19.7. The highest BCUT2D eigenvalue weighted by Gasteiger charge is 2.34. The first-order valence-electron chi connectivity index (χ1n) is 7.59. The van der Waals surface area contributed by atoms with E-state index in [2.05, 4.69) is 10.1 Å². The van der Waals surface area contributed by atoms with Gasteiger partial charge in [0, 0.05) is 28.4 Å². The highest BCUT2D eigenvalue weighted by molar-refractivity contribution is 7.09. The molecule has 0 N–H and O–H groups in total. The van der Waals surface area contributed by atoms with Crippen LogP contribution in [0.3, 0.4) is 0 Å². The molecule has 1 unspecified atom stereocenters. The average Bonchev–Trinajstić information content (AvgIpc) is 3.31. The number of rotatable bonds is 4. The Bertz CT molecular complexity index is 845. The molecule has 0 aliphatic carbocycles. The third-order valence-corrected chi connectivity index (χ3v) is 5.15. The molecule has 3 aromatic rings. The van der Waals surface area contributed by atoms with Gasteiger partial charge in [0.25, 0.3) is 0 Å². The molecule has 1 aliphatic rings. The van der Waals surface area contributed by atoms with Crippen LogP contribution in [0, 0.1) is 0 Å². The maximum Gasteiger partial charge on any atom is 0.232 e. The lowest BCUT2D eigenvalue weighted by molar-refractivity contribution is -0.128. The van der Waals surface area contributed by atoms with E-state index in [-0.39, 0.29) is 11.8 Å². The minimum atomic E-state index is -0.0500. The maximum atomic E-state index is 12.2. The zero-order chi connectivity index (χ0) is 16.5. The molecule has 24 heavy (non-hydrogen) atoms. The van der Waals surface area contributed by atoms with Gasteiger partial charge in [-0.25, -0.2) is 0 Å². The van der Waals surface area contributed by atoms with Gasteiger partial charge in [0.15, 0.2) is 0 Å². The molecule has 4 rings (SSSR count). The van der Waals surface area contributed by atoms with Gasteiger partial charge in [-0.2, -0.15) is 4.98 Å². The molecule has 1 amide bonds. The van der Waals surface area contributed by atoms with Gasteiger partial charge in [-0.1, -0.05) is 22.8 Å². The molecule has 5 nitrogen and oxygen atoms in total. The number of aromatic nitrogens is 2. The van der Waals surface area contributed by atoms with Crippen LogP contribution in [0.15, 0.2) is 46.3 Å². The number of thiophene rings is 1. The van der Waals surface area contributed by atoms with E-state index in [1.54, 1.807) is 23.5 Å². The van der Waals surface area contributed by atoms with Crippen molar-refractivity contribution in [2.45, 2.75) is 18.9 Å². The summed E-state index contributed by atoms with van der Waals surface area (Å²) in [7, 11) is 0. The van der Waals surface area contributed by atoms with Crippen molar-refractivity contribution in [2.75, 3.05) is 6.54 Å². The van der Waals surface area contributed by atoms with Crippen LogP contribution < -0.4 is 0 Å². The van der Waals surface area contributed by atoms with Gasteiger partial charge in [0.1, 0.15) is 0 Å². The van der Waals surface area contributed by atoms with Crippen molar-refractivity contribution in [3.63, 3.8) is 0 Å². The summed E-state index contributed by atoms with van der Waals surface area (Å²) in [6.45, 7) is 1.25. The third-order valence-electron chi connectivity index (χ3n) is 4.03. The molecule has 1 atom stereocenters. The lowest BCUT2D eigenvalue weighted by atomic mass is 10.1. The second-order valence-electron chi connectivity index (χ2n) is 5.72. The second kappa shape index (κ2) is 6.37. The molecule has 7 heteroatoms. The topological polar surface area (TPSA) is 59.2 Å². The van der Waals surface area contributed by atoms with Gasteiger partial charge in [-0.15, -0.1) is 11.3 Å². The van der Waals surface area contributed by atoms with Gasteiger partial charge in [0.05, 0.1) is 12.5 Å². The van der Waals surface area contributed by atoms with Crippen LogP contribution in [0.2, 0.25) is 5.02 Å². The number of benzene rings is 1. The molecule has 1 aromatic carbocycles. The molecule has 1 aliphatic heterocycles. The Morgan fingerprint density at radius 1 is 1.29 bits per heavy atom. The van der Waals surface area contributed by atoms with Gasteiger partial charge >= 0.3 is 0 Å². The van der Waals surface area contributed by atoms with Crippen molar-refractivity contribution in [3.8, 4) is 11.4 Å². The molecule has 0 bridgehead atoms. The van der Waals surface area contributed by atoms with Crippen molar-refractivity contribution < 1.29 is 9.32 Å². The number of halogens is 1. The Labute approximate surface area is 147 Å². The number of hydrogen-bond donors (Lipinski definition) is 0. The smallest absolute Gasteiger partial charge is 0.232 e. The van der Waals surface area contributed by atoms with Crippen molar-refractivity contribution in [3.05, 3.63) is 57.6 Å². The van der Waals surface area contributed by atoms with Crippen LogP contribution in [0.25, 0.3) is 11.4 Å². The molecule has 122 valence electrons.